The number of carboxylic acids is 1. The zero-order valence-corrected chi connectivity index (χ0v) is 21.6. The number of nitrogens with zero attached hydrogens (tertiary/aromatic N) is 5. The zero-order chi connectivity index (χ0) is 25.6. The van der Waals surface area contributed by atoms with E-state index in [1.807, 2.05) is 23.9 Å². The number of halogens is 1. The number of hydrogen-bond donors (Lipinski definition) is 1. The van der Waals surface area contributed by atoms with Gasteiger partial charge in [0.05, 0.1) is 36.3 Å². The van der Waals surface area contributed by atoms with E-state index in [0.29, 0.717) is 24.5 Å². The standard InChI is InChI=1S/C26H32ClN5O4/c1-15(14-30-13-12-22(27)29-30)24-28-23-19-9-4-16(2)31(26(35)36-3)20(19)10-11-21(23)32(24)18-7-5-17(6-8-18)25(33)34/h10-13,15-18H,4-9,14H2,1-3H3,(H,33,34)/t15-,16-,17?,18?/m0/s1. The Labute approximate surface area is 215 Å². The topological polar surface area (TPSA) is 102 Å². The van der Waals surface area contributed by atoms with Crippen LogP contribution in [0.3, 0.4) is 0 Å². The number of anilines is 1. The van der Waals surface area contributed by atoms with Gasteiger partial charge in [0, 0.05) is 29.8 Å². The van der Waals surface area contributed by atoms with E-state index in [1.165, 1.54) is 7.11 Å². The highest BCUT2D eigenvalue weighted by Crippen LogP contribution is 2.41. The lowest BCUT2D eigenvalue weighted by Gasteiger charge is -2.34. The summed E-state index contributed by atoms with van der Waals surface area (Å²) >= 11 is 6.05. The number of rotatable bonds is 5. The molecule has 3 heterocycles. The predicted octanol–water partition coefficient (Wildman–Crippen LogP) is 5.41. The van der Waals surface area contributed by atoms with Crippen molar-refractivity contribution in [2.45, 2.75) is 76.9 Å². The van der Waals surface area contributed by atoms with Crippen LogP contribution < -0.4 is 4.90 Å². The van der Waals surface area contributed by atoms with Crippen LogP contribution in [0.4, 0.5) is 10.5 Å². The largest absolute Gasteiger partial charge is 0.481 e. The zero-order valence-electron chi connectivity index (χ0n) is 20.9. The van der Waals surface area contributed by atoms with Gasteiger partial charge < -0.3 is 14.4 Å². The molecule has 192 valence electrons. The molecule has 0 saturated heterocycles. The number of imidazole rings is 1. The number of aliphatic carboxylic acids is 1. The number of carbonyl (C=O) groups excluding carboxylic acids is 1. The minimum absolute atomic E-state index is 0.0405. The normalized spacial score (nSPS) is 22.9. The second-order valence-electron chi connectivity index (χ2n) is 10.1. The highest BCUT2D eigenvalue weighted by atomic mass is 35.5. The van der Waals surface area contributed by atoms with Gasteiger partial charge in [0.2, 0.25) is 0 Å². The monoisotopic (exact) mass is 513 g/mol. The van der Waals surface area contributed by atoms with Crippen LogP contribution in [-0.2, 0) is 22.5 Å². The van der Waals surface area contributed by atoms with Crippen molar-refractivity contribution < 1.29 is 19.4 Å². The maximum absolute atomic E-state index is 12.6. The van der Waals surface area contributed by atoms with Crippen LogP contribution in [0.15, 0.2) is 24.4 Å². The molecule has 2 aromatic heterocycles. The number of fused-ring (bicyclic) bond motifs is 3. The fourth-order valence-corrected chi connectivity index (χ4v) is 6.06. The minimum atomic E-state index is -0.709. The van der Waals surface area contributed by atoms with Crippen LogP contribution in [0.5, 0.6) is 0 Å². The fraction of sp³-hybridized carbons (Fsp3) is 0.538. The van der Waals surface area contributed by atoms with E-state index in [1.54, 1.807) is 11.0 Å². The summed E-state index contributed by atoms with van der Waals surface area (Å²) in [5.74, 6) is -0.00218. The molecule has 2 atom stereocenters. The predicted molar refractivity (Wildman–Crippen MR) is 137 cm³/mol. The molecule has 1 aliphatic heterocycles. The van der Waals surface area contributed by atoms with E-state index in [2.05, 4.69) is 22.7 Å². The Morgan fingerprint density at radius 3 is 2.58 bits per heavy atom. The highest BCUT2D eigenvalue weighted by molar-refractivity contribution is 6.29. The van der Waals surface area contributed by atoms with Crippen molar-refractivity contribution in [3.63, 3.8) is 0 Å². The van der Waals surface area contributed by atoms with Gasteiger partial charge in [0.15, 0.2) is 5.15 Å². The van der Waals surface area contributed by atoms with Crippen LogP contribution in [0.2, 0.25) is 5.15 Å². The number of carboxylic acid groups (broad SMARTS) is 1. The Bertz CT molecular complexity index is 1290. The quantitative estimate of drug-likeness (QED) is 0.489. The number of hydrogen-bond acceptors (Lipinski definition) is 5. The molecule has 0 spiro atoms. The lowest BCUT2D eigenvalue weighted by atomic mass is 9.85. The first kappa shape index (κ1) is 24.6. The summed E-state index contributed by atoms with van der Waals surface area (Å²) in [7, 11) is 1.41. The maximum atomic E-state index is 12.6. The Hall–Kier alpha value is -3.07. The molecule has 3 aromatic rings. The molecular weight excluding hydrogens is 482 g/mol. The average molecular weight is 514 g/mol. The van der Waals surface area contributed by atoms with E-state index >= 15 is 0 Å². The van der Waals surface area contributed by atoms with Crippen LogP contribution in [0, 0.1) is 5.92 Å². The molecular formula is C26H32ClN5O4. The number of methoxy groups -OCH3 is 1. The van der Waals surface area contributed by atoms with Crippen molar-refractivity contribution in [2.75, 3.05) is 12.0 Å². The maximum Gasteiger partial charge on any atom is 0.414 e. The molecule has 1 saturated carbocycles. The third-order valence-corrected chi connectivity index (χ3v) is 7.98. The summed E-state index contributed by atoms with van der Waals surface area (Å²) in [5.41, 5.74) is 3.86. The number of aromatic nitrogens is 4. The number of benzene rings is 1. The SMILES string of the molecule is COC(=O)N1c2ccc3c(nc([C@@H](C)Cn4ccc(Cl)n4)n3C3CCC(C(=O)O)CC3)c2CC[C@@H]1C. The number of ether oxygens (including phenoxy) is 1. The second-order valence-corrected chi connectivity index (χ2v) is 10.5. The molecule has 0 bridgehead atoms. The average Bonchev–Trinajstić information content (AvgIpc) is 3.46. The molecule has 9 nitrogen and oxygen atoms in total. The van der Waals surface area contributed by atoms with Gasteiger partial charge in [-0.2, -0.15) is 5.10 Å². The van der Waals surface area contributed by atoms with Gasteiger partial charge in [0.1, 0.15) is 5.82 Å². The molecule has 1 aliphatic carbocycles. The van der Waals surface area contributed by atoms with Crippen molar-refractivity contribution >= 4 is 40.4 Å². The van der Waals surface area contributed by atoms with E-state index in [0.717, 1.165) is 53.8 Å². The summed E-state index contributed by atoms with van der Waals surface area (Å²) in [6.45, 7) is 4.78. The molecule has 0 unspecified atom stereocenters. The first-order chi connectivity index (χ1) is 17.3. The van der Waals surface area contributed by atoms with Crippen molar-refractivity contribution in [2.24, 2.45) is 5.92 Å². The van der Waals surface area contributed by atoms with Crippen LogP contribution in [0.25, 0.3) is 11.0 Å². The van der Waals surface area contributed by atoms with Crippen LogP contribution in [-0.4, -0.2) is 49.7 Å². The lowest BCUT2D eigenvalue weighted by Crippen LogP contribution is -2.42. The van der Waals surface area contributed by atoms with Gasteiger partial charge in [-0.3, -0.25) is 14.4 Å². The number of amides is 1. The van der Waals surface area contributed by atoms with Gasteiger partial charge in [-0.05, 0) is 63.6 Å². The van der Waals surface area contributed by atoms with Gasteiger partial charge >= 0.3 is 12.1 Å². The van der Waals surface area contributed by atoms with E-state index in [4.69, 9.17) is 21.3 Å². The van der Waals surface area contributed by atoms with E-state index in [9.17, 15) is 14.7 Å². The summed E-state index contributed by atoms with van der Waals surface area (Å²) in [6, 6.07) is 6.04. The summed E-state index contributed by atoms with van der Waals surface area (Å²) in [4.78, 5) is 31.1. The molecule has 5 rings (SSSR count). The van der Waals surface area contributed by atoms with Crippen molar-refractivity contribution in [1.82, 2.24) is 19.3 Å². The van der Waals surface area contributed by atoms with Crippen molar-refractivity contribution in [3.8, 4) is 0 Å². The second kappa shape index (κ2) is 9.76. The minimum Gasteiger partial charge on any atom is -0.481 e. The third kappa shape index (κ3) is 4.34. The molecule has 1 aromatic carbocycles. The summed E-state index contributed by atoms with van der Waals surface area (Å²) in [5, 5.41) is 14.3. The molecule has 2 aliphatic rings. The highest BCUT2D eigenvalue weighted by Gasteiger charge is 2.34. The Balaban J connectivity index is 1.60. The van der Waals surface area contributed by atoms with Gasteiger partial charge in [-0.25, -0.2) is 9.78 Å². The number of aryl methyl sites for hydroxylation is 1. The summed E-state index contributed by atoms with van der Waals surface area (Å²) in [6.07, 6.45) is 6.04. The van der Waals surface area contributed by atoms with Crippen LogP contribution >= 0.6 is 11.6 Å². The summed E-state index contributed by atoms with van der Waals surface area (Å²) < 4.78 is 9.23. The Morgan fingerprint density at radius 1 is 1.19 bits per heavy atom. The molecule has 1 amide bonds. The molecule has 1 N–H and O–H groups in total. The van der Waals surface area contributed by atoms with Gasteiger partial charge in [0.25, 0.3) is 0 Å². The van der Waals surface area contributed by atoms with Crippen LogP contribution in [0.1, 0.15) is 69.3 Å². The van der Waals surface area contributed by atoms with Crippen molar-refractivity contribution in [1.29, 1.82) is 0 Å². The van der Waals surface area contributed by atoms with E-state index < -0.39 is 5.97 Å². The first-order valence-electron chi connectivity index (χ1n) is 12.6. The smallest absolute Gasteiger partial charge is 0.414 e. The molecule has 36 heavy (non-hydrogen) atoms. The Kier molecular flexibility index (Phi) is 6.68. The third-order valence-electron chi connectivity index (χ3n) is 7.77. The van der Waals surface area contributed by atoms with Gasteiger partial charge in [-0.15, -0.1) is 0 Å². The Morgan fingerprint density at radius 2 is 1.94 bits per heavy atom. The van der Waals surface area contributed by atoms with Crippen molar-refractivity contribution in [3.05, 3.63) is 40.9 Å². The lowest BCUT2D eigenvalue weighted by molar-refractivity contribution is -0.143. The molecule has 10 heteroatoms. The fourth-order valence-electron chi connectivity index (χ4n) is 5.91. The van der Waals surface area contributed by atoms with Gasteiger partial charge in [-0.1, -0.05) is 18.5 Å². The first-order valence-corrected chi connectivity index (χ1v) is 13.0. The molecule has 1 fully saturated rings. The number of carbonyl (C=O) groups is 2. The van der Waals surface area contributed by atoms with E-state index in [-0.39, 0.29) is 30.0 Å². The molecule has 0 radical (unpaired) electrons.